The number of carbonyl (C=O) groups excluding carboxylic acids is 4. The first kappa shape index (κ1) is 28.0. The maximum atomic E-state index is 14.7. The van der Waals surface area contributed by atoms with Crippen molar-refractivity contribution in [1.82, 2.24) is 4.90 Å². The van der Waals surface area contributed by atoms with E-state index in [1.165, 1.54) is 24.3 Å². The highest BCUT2D eigenvalue weighted by molar-refractivity contribution is 9.10. The molecular weight excluding hydrogens is 555 g/mol. The lowest BCUT2D eigenvalue weighted by molar-refractivity contribution is -0.169. The van der Waals surface area contributed by atoms with Gasteiger partial charge in [-0.2, -0.15) is 0 Å². The van der Waals surface area contributed by atoms with Crippen molar-refractivity contribution in [1.29, 1.82) is 0 Å². The average molecular weight is 587 g/mol. The molecule has 1 aliphatic heterocycles. The molecule has 0 radical (unpaired) electrons. The number of nitrogens with zero attached hydrogens (tertiary/aromatic N) is 1. The third-order valence-corrected chi connectivity index (χ3v) is 8.32. The minimum atomic E-state index is -2.16. The molecule has 0 saturated heterocycles. The van der Waals surface area contributed by atoms with Crippen LogP contribution in [0.2, 0.25) is 0 Å². The normalized spacial score (nSPS) is 25.3. The highest BCUT2D eigenvalue weighted by Crippen LogP contribution is 2.42. The molecule has 0 spiro atoms. The van der Waals surface area contributed by atoms with Crippen molar-refractivity contribution in [2.45, 2.75) is 64.5 Å². The van der Waals surface area contributed by atoms with Crippen LogP contribution in [-0.4, -0.2) is 34.7 Å². The Labute approximate surface area is 230 Å². The molecule has 4 atom stereocenters. The van der Waals surface area contributed by atoms with Crippen LogP contribution in [0.4, 0.5) is 4.39 Å². The number of nitrogens with two attached hydrogens (primary N) is 1. The number of hydrogen-bond acceptors (Lipinski definition) is 5. The first-order valence-corrected chi connectivity index (χ1v) is 13.6. The third-order valence-electron chi connectivity index (χ3n) is 7.82. The topological polar surface area (TPSA) is 107 Å². The molecular formula is C29H32BrFN2O5. The second kappa shape index (κ2) is 11.0. The summed E-state index contributed by atoms with van der Waals surface area (Å²) >= 11 is 3.20. The molecule has 1 aliphatic carbocycles. The van der Waals surface area contributed by atoms with E-state index in [2.05, 4.69) is 36.7 Å². The summed E-state index contributed by atoms with van der Waals surface area (Å²) in [7, 11) is 0. The number of halogens is 2. The molecule has 0 aromatic heterocycles. The van der Waals surface area contributed by atoms with Gasteiger partial charge < -0.3 is 10.5 Å². The SMILES string of the molecule is CC(C)[C@@H]1CC[C@@H](C)C[C@H]1OC(=O)[C@]1(CC(N)=O)C(=O)N(Cc2ccc(Br)cc2F)C(=O)c2ccccc21. The zero-order valence-corrected chi connectivity index (χ0v) is 23.3. The number of ether oxygens (including phenoxy) is 1. The van der Waals surface area contributed by atoms with E-state index in [9.17, 15) is 23.6 Å². The van der Waals surface area contributed by atoms with E-state index in [0.29, 0.717) is 16.8 Å². The van der Waals surface area contributed by atoms with E-state index in [0.717, 1.165) is 17.7 Å². The van der Waals surface area contributed by atoms with E-state index in [-0.39, 0.29) is 28.5 Å². The minimum Gasteiger partial charge on any atom is -0.461 e. The molecule has 1 saturated carbocycles. The number of hydrogen-bond donors (Lipinski definition) is 1. The Bertz CT molecular complexity index is 1280. The number of amides is 3. The number of fused-ring (bicyclic) bond motifs is 1. The number of esters is 1. The summed E-state index contributed by atoms with van der Waals surface area (Å²) < 4.78 is 21.3. The first-order valence-electron chi connectivity index (χ1n) is 12.8. The predicted molar refractivity (Wildman–Crippen MR) is 142 cm³/mol. The smallest absolute Gasteiger partial charge is 0.327 e. The Morgan fingerprint density at radius 3 is 2.55 bits per heavy atom. The van der Waals surface area contributed by atoms with E-state index in [1.807, 2.05) is 0 Å². The van der Waals surface area contributed by atoms with Crippen molar-refractivity contribution in [3.8, 4) is 0 Å². The second-order valence-corrected chi connectivity index (χ2v) is 11.7. The molecule has 4 rings (SSSR count). The zero-order valence-electron chi connectivity index (χ0n) is 21.7. The highest BCUT2D eigenvalue weighted by atomic mass is 79.9. The summed E-state index contributed by atoms with van der Waals surface area (Å²) in [4.78, 5) is 55.0. The average Bonchev–Trinajstić information content (AvgIpc) is 2.85. The summed E-state index contributed by atoms with van der Waals surface area (Å²) in [5.74, 6) is -3.42. The van der Waals surface area contributed by atoms with E-state index in [4.69, 9.17) is 10.5 Å². The van der Waals surface area contributed by atoms with Gasteiger partial charge in [0.05, 0.1) is 13.0 Å². The number of benzene rings is 2. The monoisotopic (exact) mass is 586 g/mol. The van der Waals surface area contributed by atoms with Gasteiger partial charge in [0.25, 0.3) is 11.8 Å². The molecule has 1 fully saturated rings. The molecule has 38 heavy (non-hydrogen) atoms. The third kappa shape index (κ3) is 5.13. The molecule has 9 heteroatoms. The molecule has 1 heterocycles. The Morgan fingerprint density at radius 1 is 1.18 bits per heavy atom. The highest BCUT2D eigenvalue weighted by Gasteiger charge is 2.58. The predicted octanol–water partition coefficient (Wildman–Crippen LogP) is 4.89. The molecule has 202 valence electrons. The van der Waals surface area contributed by atoms with Crippen molar-refractivity contribution >= 4 is 39.6 Å². The van der Waals surface area contributed by atoms with Crippen LogP contribution >= 0.6 is 15.9 Å². The van der Waals surface area contributed by atoms with Gasteiger partial charge in [-0.25, -0.2) is 4.39 Å². The largest absolute Gasteiger partial charge is 0.461 e. The maximum Gasteiger partial charge on any atom is 0.327 e. The van der Waals surface area contributed by atoms with Crippen molar-refractivity contribution in [2.24, 2.45) is 23.5 Å². The number of rotatable bonds is 7. The van der Waals surface area contributed by atoms with Crippen molar-refractivity contribution < 1.29 is 28.3 Å². The molecule has 2 aliphatic rings. The van der Waals surface area contributed by atoms with Crippen LogP contribution < -0.4 is 5.73 Å². The Kier molecular flexibility index (Phi) is 8.06. The van der Waals surface area contributed by atoms with Gasteiger partial charge in [0, 0.05) is 15.6 Å². The maximum absolute atomic E-state index is 14.7. The van der Waals surface area contributed by atoms with Crippen molar-refractivity contribution in [3.05, 3.63) is 69.4 Å². The number of imide groups is 1. The zero-order chi connectivity index (χ0) is 27.8. The lowest BCUT2D eigenvalue weighted by Crippen LogP contribution is -2.60. The fourth-order valence-corrected chi connectivity index (χ4v) is 6.11. The van der Waals surface area contributed by atoms with E-state index < -0.39 is 54.0 Å². The quantitative estimate of drug-likeness (QED) is 0.282. The standard InChI is InChI=1S/C29H32BrFN2O5/c1-16(2)20-11-8-17(3)12-24(20)38-28(37)29(14-25(32)34)22-7-5-4-6-21(22)26(35)33(27(29)36)15-18-9-10-19(30)13-23(18)31/h4-7,9-10,13,16-17,20,24H,8,11-12,14-15H2,1-3H3,(H2,32,34)/t17-,20+,24-,29+/m1/s1. The fraction of sp³-hybridized carbons (Fsp3) is 0.448. The molecule has 7 nitrogen and oxygen atoms in total. The molecule has 2 N–H and O–H groups in total. The molecule has 2 aromatic carbocycles. The van der Waals surface area contributed by atoms with Gasteiger partial charge >= 0.3 is 5.97 Å². The Hall–Kier alpha value is -3.07. The van der Waals surface area contributed by atoms with Crippen LogP contribution in [0.5, 0.6) is 0 Å². The van der Waals surface area contributed by atoms with Crippen LogP contribution in [0, 0.1) is 23.6 Å². The Balaban J connectivity index is 1.81. The van der Waals surface area contributed by atoms with Crippen LogP contribution in [0.15, 0.2) is 46.9 Å². The summed E-state index contributed by atoms with van der Waals surface area (Å²) in [6, 6.07) is 10.4. The molecule has 3 amide bonds. The van der Waals surface area contributed by atoms with Gasteiger partial charge in [0.2, 0.25) is 5.91 Å². The lowest BCUT2D eigenvalue weighted by atomic mass is 9.70. The van der Waals surface area contributed by atoms with Gasteiger partial charge in [-0.05, 0) is 54.4 Å². The van der Waals surface area contributed by atoms with E-state index >= 15 is 0 Å². The van der Waals surface area contributed by atoms with Gasteiger partial charge in [0.1, 0.15) is 11.9 Å². The van der Waals surface area contributed by atoms with Crippen LogP contribution in [0.25, 0.3) is 0 Å². The summed E-state index contributed by atoms with van der Waals surface area (Å²) in [6.07, 6.45) is 1.38. The van der Waals surface area contributed by atoms with Gasteiger partial charge in [-0.1, -0.05) is 67.4 Å². The van der Waals surface area contributed by atoms with Crippen LogP contribution in [0.3, 0.4) is 0 Å². The van der Waals surface area contributed by atoms with Crippen molar-refractivity contribution in [3.63, 3.8) is 0 Å². The number of carbonyl (C=O) groups is 4. The first-order chi connectivity index (χ1) is 18.0. The minimum absolute atomic E-state index is 0.0697. The van der Waals surface area contributed by atoms with Gasteiger partial charge in [-0.3, -0.25) is 24.1 Å². The number of primary amides is 1. The van der Waals surface area contributed by atoms with Crippen LogP contribution in [0.1, 0.15) is 67.9 Å². The summed E-state index contributed by atoms with van der Waals surface area (Å²) in [5, 5.41) is 0. The van der Waals surface area contributed by atoms with Gasteiger partial charge in [0.15, 0.2) is 5.41 Å². The van der Waals surface area contributed by atoms with Crippen LogP contribution in [-0.2, 0) is 31.1 Å². The van der Waals surface area contributed by atoms with E-state index in [1.54, 1.807) is 18.2 Å². The van der Waals surface area contributed by atoms with Crippen molar-refractivity contribution in [2.75, 3.05) is 0 Å². The fourth-order valence-electron chi connectivity index (χ4n) is 5.78. The molecule has 0 unspecified atom stereocenters. The molecule has 2 aromatic rings. The van der Waals surface area contributed by atoms with Gasteiger partial charge in [-0.15, -0.1) is 0 Å². The summed E-state index contributed by atoms with van der Waals surface area (Å²) in [6.45, 7) is 5.79. The summed E-state index contributed by atoms with van der Waals surface area (Å²) in [5.41, 5.74) is 3.67. The lowest BCUT2D eigenvalue weighted by Gasteiger charge is -2.42. The Morgan fingerprint density at radius 2 is 1.89 bits per heavy atom. The molecule has 0 bridgehead atoms. The second-order valence-electron chi connectivity index (χ2n) is 10.8.